The highest BCUT2D eigenvalue weighted by atomic mass is 15.3. The Kier molecular flexibility index (Phi) is 4.41. The summed E-state index contributed by atoms with van der Waals surface area (Å²) >= 11 is 0. The Labute approximate surface area is 126 Å². The van der Waals surface area contributed by atoms with Crippen molar-refractivity contribution in [3.05, 3.63) is 0 Å². The molecule has 2 heterocycles. The van der Waals surface area contributed by atoms with Crippen LogP contribution in [0.3, 0.4) is 0 Å². The molecular weight excluding hydrogens is 264 g/mol. The average Bonchev–Trinajstić information content (AvgIpc) is 3.16. The van der Waals surface area contributed by atoms with Crippen LogP contribution in [0, 0.1) is 11.8 Å². The fraction of sp³-hybridized carbons (Fsp3) is 0.800. The molecule has 0 aromatic carbocycles. The molecule has 1 saturated carbocycles. The smallest absolute Gasteiger partial charge is 0.231 e. The molecule has 1 saturated heterocycles. The van der Waals surface area contributed by atoms with Crippen molar-refractivity contribution < 1.29 is 0 Å². The second-order valence-electron chi connectivity index (χ2n) is 6.39. The molecule has 2 unspecified atom stereocenters. The van der Waals surface area contributed by atoms with Gasteiger partial charge >= 0.3 is 0 Å². The molecule has 1 aliphatic carbocycles. The molecule has 0 amide bonds. The van der Waals surface area contributed by atoms with Gasteiger partial charge in [0.05, 0.1) is 0 Å². The highest BCUT2D eigenvalue weighted by Gasteiger charge is 2.22. The fourth-order valence-electron chi connectivity index (χ4n) is 3.36. The maximum atomic E-state index is 4.60. The van der Waals surface area contributed by atoms with Gasteiger partial charge in [-0.15, -0.1) is 0 Å². The number of hydrogen-bond acceptors (Lipinski definition) is 6. The normalized spacial score (nSPS) is 25.3. The van der Waals surface area contributed by atoms with Gasteiger partial charge in [0.15, 0.2) is 0 Å². The van der Waals surface area contributed by atoms with Gasteiger partial charge in [0.25, 0.3) is 0 Å². The molecule has 1 aliphatic heterocycles. The van der Waals surface area contributed by atoms with Gasteiger partial charge in [-0.3, -0.25) is 0 Å². The lowest BCUT2D eigenvalue weighted by Gasteiger charge is -2.17. The van der Waals surface area contributed by atoms with Crippen LogP contribution < -0.4 is 15.5 Å². The Bertz CT molecular complexity index is 471. The van der Waals surface area contributed by atoms with Crippen molar-refractivity contribution in [3.63, 3.8) is 0 Å². The first-order valence-electron chi connectivity index (χ1n) is 8.17. The number of nitrogens with one attached hydrogen (secondary N) is 2. The standard InChI is InChI=1S/C15H26N6/c1-11-5-6-12(9-11)10-17-14-18-13(16-2)19-15(20-14)21-7-3-4-8-21/h11-12H,3-10H2,1-2H3,(H2,16,17,18,19,20). The number of rotatable bonds is 5. The summed E-state index contributed by atoms with van der Waals surface area (Å²) in [5.74, 6) is 3.77. The monoisotopic (exact) mass is 290 g/mol. The van der Waals surface area contributed by atoms with Crippen LogP contribution in [0.2, 0.25) is 0 Å². The number of aromatic nitrogens is 3. The van der Waals surface area contributed by atoms with Crippen molar-refractivity contribution in [2.75, 3.05) is 42.2 Å². The van der Waals surface area contributed by atoms with Crippen molar-refractivity contribution in [1.29, 1.82) is 0 Å². The van der Waals surface area contributed by atoms with Crippen LogP contribution in [0.4, 0.5) is 17.8 Å². The zero-order valence-corrected chi connectivity index (χ0v) is 13.1. The Morgan fingerprint density at radius 1 is 1.10 bits per heavy atom. The molecule has 0 spiro atoms. The van der Waals surface area contributed by atoms with E-state index in [2.05, 4.69) is 37.4 Å². The van der Waals surface area contributed by atoms with E-state index in [0.29, 0.717) is 11.9 Å². The third kappa shape index (κ3) is 3.54. The molecule has 21 heavy (non-hydrogen) atoms. The number of hydrogen-bond donors (Lipinski definition) is 2. The largest absolute Gasteiger partial charge is 0.357 e. The van der Waals surface area contributed by atoms with Crippen molar-refractivity contribution in [2.24, 2.45) is 11.8 Å². The molecule has 1 aromatic rings. The van der Waals surface area contributed by atoms with Crippen molar-refractivity contribution in [2.45, 2.75) is 39.0 Å². The topological polar surface area (TPSA) is 66.0 Å². The van der Waals surface area contributed by atoms with E-state index in [9.17, 15) is 0 Å². The summed E-state index contributed by atoms with van der Waals surface area (Å²) in [6.07, 6.45) is 6.43. The summed E-state index contributed by atoms with van der Waals surface area (Å²) in [7, 11) is 1.85. The summed E-state index contributed by atoms with van der Waals surface area (Å²) in [5.41, 5.74) is 0. The SMILES string of the molecule is CNc1nc(NCC2CCC(C)C2)nc(N2CCCC2)n1. The zero-order chi connectivity index (χ0) is 14.7. The molecule has 2 atom stereocenters. The van der Waals surface area contributed by atoms with Crippen molar-refractivity contribution in [3.8, 4) is 0 Å². The van der Waals surface area contributed by atoms with E-state index in [0.717, 1.165) is 37.4 Å². The van der Waals surface area contributed by atoms with E-state index in [-0.39, 0.29) is 0 Å². The zero-order valence-electron chi connectivity index (χ0n) is 13.1. The van der Waals surface area contributed by atoms with Crippen LogP contribution in [0.5, 0.6) is 0 Å². The van der Waals surface area contributed by atoms with E-state index in [1.807, 2.05) is 7.05 Å². The summed E-state index contributed by atoms with van der Waals surface area (Å²) in [6, 6.07) is 0. The molecule has 2 N–H and O–H groups in total. The van der Waals surface area contributed by atoms with Gasteiger partial charge in [0, 0.05) is 26.7 Å². The highest BCUT2D eigenvalue weighted by Crippen LogP contribution is 2.30. The fourth-order valence-corrected chi connectivity index (χ4v) is 3.36. The predicted molar refractivity (Wildman–Crippen MR) is 85.8 cm³/mol. The number of nitrogens with zero attached hydrogens (tertiary/aromatic N) is 4. The van der Waals surface area contributed by atoms with Gasteiger partial charge in [0.1, 0.15) is 0 Å². The summed E-state index contributed by atoms with van der Waals surface area (Å²) in [6.45, 7) is 5.41. The van der Waals surface area contributed by atoms with Gasteiger partial charge in [-0.1, -0.05) is 13.3 Å². The Hall–Kier alpha value is -1.59. The quantitative estimate of drug-likeness (QED) is 0.868. The summed E-state index contributed by atoms with van der Waals surface area (Å²) in [4.78, 5) is 15.7. The van der Waals surface area contributed by atoms with E-state index in [1.165, 1.54) is 32.1 Å². The van der Waals surface area contributed by atoms with Gasteiger partial charge in [-0.2, -0.15) is 15.0 Å². The Balaban J connectivity index is 1.67. The molecule has 3 rings (SSSR count). The van der Waals surface area contributed by atoms with Crippen LogP contribution in [-0.4, -0.2) is 41.6 Å². The lowest BCUT2D eigenvalue weighted by Crippen LogP contribution is -2.23. The lowest BCUT2D eigenvalue weighted by molar-refractivity contribution is 0.536. The molecule has 2 fully saturated rings. The minimum atomic E-state index is 0.647. The van der Waals surface area contributed by atoms with Crippen molar-refractivity contribution >= 4 is 17.8 Å². The molecule has 6 nitrogen and oxygen atoms in total. The van der Waals surface area contributed by atoms with E-state index < -0.39 is 0 Å². The first kappa shape index (κ1) is 14.4. The third-order valence-electron chi connectivity index (χ3n) is 4.59. The molecule has 0 radical (unpaired) electrons. The summed E-state index contributed by atoms with van der Waals surface area (Å²) in [5, 5.41) is 6.45. The minimum absolute atomic E-state index is 0.647. The number of anilines is 3. The lowest BCUT2D eigenvalue weighted by atomic mass is 10.1. The first-order chi connectivity index (χ1) is 10.2. The maximum absolute atomic E-state index is 4.60. The van der Waals surface area contributed by atoms with Gasteiger partial charge in [-0.25, -0.2) is 0 Å². The van der Waals surface area contributed by atoms with Gasteiger partial charge in [0.2, 0.25) is 17.8 Å². The molecule has 0 bridgehead atoms. The van der Waals surface area contributed by atoms with Crippen LogP contribution in [0.1, 0.15) is 39.0 Å². The summed E-state index contributed by atoms with van der Waals surface area (Å²) < 4.78 is 0. The average molecular weight is 290 g/mol. The van der Waals surface area contributed by atoms with Gasteiger partial charge < -0.3 is 15.5 Å². The van der Waals surface area contributed by atoms with Crippen LogP contribution in [-0.2, 0) is 0 Å². The Morgan fingerprint density at radius 3 is 2.52 bits per heavy atom. The second kappa shape index (κ2) is 6.45. The molecule has 1 aromatic heterocycles. The second-order valence-corrected chi connectivity index (χ2v) is 6.39. The molecular formula is C15H26N6. The maximum Gasteiger partial charge on any atom is 0.231 e. The molecule has 2 aliphatic rings. The predicted octanol–water partition coefficient (Wildman–Crippen LogP) is 2.36. The van der Waals surface area contributed by atoms with Crippen LogP contribution in [0.25, 0.3) is 0 Å². The Morgan fingerprint density at radius 2 is 1.86 bits per heavy atom. The van der Waals surface area contributed by atoms with E-state index in [4.69, 9.17) is 0 Å². The molecule has 116 valence electrons. The highest BCUT2D eigenvalue weighted by molar-refractivity contribution is 5.44. The molecule has 6 heteroatoms. The van der Waals surface area contributed by atoms with Crippen LogP contribution >= 0.6 is 0 Å². The van der Waals surface area contributed by atoms with Crippen LogP contribution in [0.15, 0.2) is 0 Å². The van der Waals surface area contributed by atoms with E-state index in [1.54, 1.807) is 0 Å². The van der Waals surface area contributed by atoms with E-state index >= 15 is 0 Å². The minimum Gasteiger partial charge on any atom is -0.357 e. The van der Waals surface area contributed by atoms with Crippen molar-refractivity contribution in [1.82, 2.24) is 15.0 Å². The third-order valence-corrected chi connectivity index (χ3v) is 4.59. The first-order valence-corrected chi connectivity index (χ1v) is 8.17. The van der Waals surface area contributed by atoms with Gasteiger partial charge in [-0.05, 0) is 37.5 Å².